The number of benzene rings is 2. The molecule has 0 radical (unpaired) electrons. The van der Waals surface area contributed by atoms with Gasteiger partial charge in [-0.15, -0.1) is 0 Å². The molecule has 0 aliphatic rings. The maximum atomic E-state index is 10.8. The molecule has 0 saturated heterocycles. The van der Waals surface area contributed by atoms with Crippen molar-refractivity contribution in [2.24, 2.45) is 0 Å². The molecule has 0 atom stereocenters. The predicted octanol–water partition coefficient (Wildman–Crippen LogP) is 2.30. The topological polar surface area (TPSA) is 52.9 Å². The van der Waals surface area contributed by atoms with Gasteiger partial charge in [0, 0.05) is 5.69 Å². The third-order valence-electron chi connectivity index (χ3n) is 2.11. The van der Waals surface area contributed by atoms with E-state index in [-0.39, 0.29) is 0 Å². The van der Waals surface area contributed by atoms with Crippen molar-refractivity contribution < 1.29 is 4.79 Å². The number of hydrogen-bond acceptors (Lipinski definition) is 2. The van der Waals surface area contributed by atoms with Gasteiger partial charge in [-0.2, -0.15) is 5.26 Å². The van der Waals surface area contributed by atoms with Gasteiger partial charge in [0.1, 0.15) is 0 Å². The second kappa shape index (κ2) is 3.81. The molecule has 0 bridgehead atoms. The average Bonchev–Trinajstić information content (AvgIpc) is 2.29. The summed E-state index contributed by atoms with van der Waals surface area (Å²) in [6.45, 7) is 0. The van der Waals surface area contributed by atoms with Gasteiger partial charge in [0.15, 0.2) is 6.07 Å². The number of hydrogen-bond donors (Lipinski definition) is 1. The van der Waals surface area contributed by atoms with E-state index in [1.165, 1.54) is 6.07 Å². The van der Waals surface area contributed by atoms with Crippen molar-refractivity contribution in [2.75, 3.05) is 5.32 Å². The highest BCUT2D eigenvalue weighted by molar-refractivity contribution is 6.03. The Bertz CT molecular complexity index is 555. The highest BCUT2D eigenvalue weighted by atomic mass is 16.1. The molecule has 0 heterocycles. The van der Waals surface area contributed by atoms with Gasteiger partial charge in [-0.1, -0.05) is 30.3 Å². The molecule has 0 aliphatic carbocycles. The minimum atomic E-state index is -0.648. The standard InChI is InChI=1S/C12H8N2O/c13-8-12(15)14-11-6-5-9-3-1-2-4-10(9)7-11/h1-7H,(H,14,15). The van der Waals surface area contributed by atoms with Crippen LogP contribution in [0.3, 0.4) is 0 Å². The zero-order valence-electron chi connectivity index (χ0n) is 7.90. The Balaban J connectivity index is 2.39. The zero-order valence-corrected chi connectivity index (χ0v) is 7.90. The smallest absolute Gasteiger partial charge is 0.313 e. The quantitative estimate of drug-likeness (QED) is 0.711. The summed E-state index contributed by atoms with van der Waals surface area (Å²) < 4.78 is 0. The molecule has 0 aromatic heterocycles. The highest BCUT2D eigenvalue weighted by Crippen LogP contribution is 2.18. The Labute approximate surface area is 86.9 Å². The van der Waals surface area contributed by atoms with Crippen molar-refractivity contribution in [1.29, 1.82) is 5.26 Å². The fraction of sp³-hybridized carbons (Fsp3) is 0. The Morgan fingerprint density at radius 3 is 2.60 bits per heavy atom. The number of rotatable bonds is 1. The van der Waals surface area contributed by atoms with Gasteiger partial charge in [-0.25, -0.2) is 0 Å². The molecule has 0 fully saturated rings. The molecule has 3 nitrogen and oxygen atoms in total. The molecule has 2 aromatic carbocycles. The van der Waals surface area contributed by atoms with Crippen LogP contribution in [-0.2, 0) is 4.79 Å². The Hall–Kier alpha value is -2.34. The number of anilines is 1. The second-order valence-electron chi connectivity index (χ2n) is 3.13. The van der Waals surface area contributed by atoms with Crippen molar-refractivity contribution in [3.8, 4) is 6.07 Å². The molecule has 0 saturated carbocycles. The van der Waals surface area contributed by atoms with Crippen LogP contribution < -0.4 is 5.32 Å². The van der Waals surface area contributed by atoms with Crippen molar-refractivity contribution in [3.63, 3.8) is 0 Å². The van der Waals surface area contributed by atoms with Gasteiger partial charge >= 0.3 is 5.91 Å². The normalized spacial score (nSPS) is 9.53. The molecule has 1 amide bonds. The molecule has 15 heavy (non-hydrogen) atoms. The first-order chi connectivity index (χ1) is 7.29. The Kier molecular flexibility index (Phi) is 2.34. The lowest BCUT2D eigenvalue weighted by atomic mass is 10.1. The number of carbonyl (C=O) groups is 1. The molecular formula is C12H8N2O. The molecule has 0 aliphatic heterocycles. The lowest BCUT2D eigenvalue weighted by Crippen LogP contribution is -2.07. The Morgan fingerprint density at radius 1 is 1.13 bits per heavy atom. The summed E-state index contributed by atoms with van der Waals surface area (Å²) >= 11 is 0. The van der Waals surface area contributed by atoms with Crippen molar-refractivity contribution in [1.82, 2.24) is 0 Å². The van der Waals surface area contributed by atoms with Crippen molar-refractivity contribution >= 4 is 22.4 Å². The monoisotopic (exact) mass is 196 g/mol. The summed E-state index contributed by atoms with van der Waals surface area (Å²) in [6, 6.07) is 14.9. The van der Waals surface area contributed by atoms with E-state index in [2.05, 4.69) is 5.32 Å². The highest BCUT2D eigenvalue weighted by Gasteiger charge is 1.99. The first-order valence-corrected chi connectivity index (χ1v) is 4.49. The van der Waals surface area contributed by atoms with E-state index >= 15 is 0 Å². The van der Waals surface area contributed by atoms with Crippen LogP contribution in [0.4, 0.5) is 5.69 Å². The summed E-state index contributed by atoms with van der Waals surface area (Å²) in [5.41, 5.74) is 0.639. The summed E-state index contributed by atoms with van der Waals surface area (Å²) in [5.74, 6) is -0.648. The number of fused-ring (bicyclic) bond motifs is 1. The van der Waals surface area contributed by atoms with Gasteiger partial charge in [0.25, 0.3) is 0 Å². The van der Waals surface area contributed by atoms with Crippen LogP contribution in [0, 0.1) is 11.3 Å². The third-order valence-corrected chi connectivity index (χ3v) is 2.11. The van der Waals surface area contributed by atoms with Gasteiger partial charge < -0.3 is 5.32 Å². The number of nitrogens with zero attached hydrogens (tertiary/aromatic N) is 1. The summed E-state index contributed by atoms with van der Waals surface area (Å²) in [5, 5.41) is 13.0. The van der Waals surface area contributed by atoms with Crippen LogP contribution in [0.15, 0.2) is 42.5 Å². The summed E-state index contributed by atoms with van der Waals surface area (Å²) in [6.07, 6.45) is 0. The lowest BCUT2D eigenvalue weighted by Gasteiger charge is -2.02. The number of nitrogens with one attached hydrogen (secondary N) is 1. The van der Waals surface area contributed by atoms with Crippen LogP contribution in [0.2, 0.25) is 0 Å². The lowest BCUT2D eigenvalue weighted by molar-refractivity contribution is -0.111. The van der Waals surface area contributed by atoms with E-state index in [0.29, 0.717) is 5.69 Å². The van der Waals surface area contributed by atoms with E-state index in [0.717, 1.165) is 10.8 Å². The fourth-order valence-corrected chi connectivity index (χ4v) is 1.43. The van der Waals surface area contributed by atoms with Gasteiger partial charge in [-0.3, -0.25) is 4.79 Å². The van der Waals surface area contributed by atoms with Crippen LogP contribution in [0.1, 0.15) is 0 Å². The van der Waals surface area contributed by atoms with Crippen molar-refractivity contribution in [2.45, 2.75) is 0 Å². The van der Waals surface area contributed by atoms with E-state index < -0.39 is 5.91 Å². The van der Waals surface area contributed by atoms with Gasteiger partial charge in [0.05, 0.1) is 0 Å². The predicted molar refractivity (Wildman–Crippen MR) is 58.2 cm³/mol. The van der Waals surface area contributed by atoms with Crippen molar-refractivity contribution in [3.05, 3.63) is 42.5 Å². The van der Waals surface area contributed by atoms with E-state index in [4.69, 9.17) is 5.26 Å². The van der Waals surface area contributed by atoms with E-state index in [1.54, 1.807) is 6.07 Å². The first-order valence-electron chi connectivity index (χ1n) is 4.49. The van der Waals surface area contributed by atoms with E-state index in [9.17, 15) is 4.79 Å². The minimum Gasteiger partial charge on any atom is -0.313 e. The molecular weight excluding hydrogens is 188 g/mol. The number of carbonyl (C=O) groups excluding carboxylic acids is 1. The van der Waals surface area contributed by atoms with E-state index in [1.807, 2.05) is 36.4 Å². The number of amides is 1. The molecule has 0 spiro atoms. The maximum Gasteiger partial charge on any atom is 0.326 e. The molecule has 2 aromatic rings. The zero-order chi connectivity index (χ0) is 10.7. The minimum absolute atomic E-state index is 0.639. The van der Waals surface area contributed by atoms with Crippen LogP contribution >= 0.6 is 0 Å². The largest absolute Gasteiger partial charge is 0.326 e. The van der Waals surface area contributed by atoms with Gasteiger partial charge in [0.2, 0.25) is 0 Å². The van der Waals surface area contributed by atoms with Crippen LogP contribution in [0.5, 0.6) is 0 Å². The Morgan fingerprint density at radius 2 is 1.87 bits per heavy atom. The molecule has 2 rings (SSSR count). The van der Waals surface area contributed by atoms with Gasteiger partial charge in [-0.05, 0) is 22.9 Å². The third kappa shape index (κ3) is 1.94. The fourth-order valence-electron chi connectivity index (χ4n) is 1.43. The molecule has 72 valence electrons. The van der Waals surface area contributed by atoms with Crippen LogP contribution in [0.25, 0.3) is 10.8 Å². The summed E-state index contributed by atoms with van der Waals surface area (Å²) in [7, 11) is 0. The molecule has 0 unspecified atom stereocenters. The average molecular weight is 196 g/mol. The van der Waals surface area contributed by atoms with Crippen LogP contribution in [-0.4, -0.2) is 5.91 Å². The SMILES string of the molecule is N#CC(=O)Nc1ccc2ccccc2c1. The second-order valence-corrected chi connectivity index (χ2v) is 3.13. The maximum absolute atomic E-state index is 10.8. The first kappa shape index (κ1) is 9.22. The number of nitriles is 1. The molecule has 1 N–H and O–H groups in total. The summed E-state index contributed by atoms with van der Waals surface area (Å²) in [4.78, 5) is 10.8. The molecule has 3 heteroatoms.